The molecule has 0 aliphatic carbocycles. The maximum absolute atomic E-state index is 11.5. The first-order valence-electron chi connectivity index (χ1n) is 6.82. The van der Waals surface area contributed by atoms with Crippen molar-refractivity contribution < 1.29 is 9.53 Å². The average molecular weight is 316 g/mol. The number of para-hydroxylation sites is 1. The van der Waals surface area contributed by atoms with Gasteiger partial charge < -0.3 is 14.3 Å². The first-order valence-corrected chi connectivity index (χ1v) is 7.70. The van der Waals surface area contributed by atoms with Crippen LogP contribution in [-0.4, -0.2) is 38.1 Å². The van der Waals surface area contributed by atoms with Crippen molar-refractivity contribution in [2.24, 2.45) is 7.05 Å². The van der Waals surface area contributed by atoms with E-state index in [2.05, 4.69) is 15.2 Å². The minimum atomic E-state index is -0.330. The zero-order valence-electron chi connectivity index (χ0n) is 12.5. The van der Waals surface area contributed by atoms with Crippen molar-refractivity contribution in [1.82, 2.24) is 19.7 Å². The van der Waals surface area contributed by atoms with Crippen molar-refractivity contribution in [2.75, 3.05) is 7.11 Å². The number of aromatic nitrogens is 4. The lowest BCUT2D eigenvalue weighted by atomic mass is 10.1. The molecule has 2 aromatic heterocycles. The van der Waals surface area contributed by atoms with Crippen molar-refractivity contribution >= 4 is 28.6 Å². The highest BCUT2D eigenvalue weighted by atomic mass is 32.2. The third kappa shape index (κ3) is 2.48. The summed E-state index contributed by atoms with van der Waals surface area (Å²) in [6, 6.07) is 8.04. The number of thioether (sulfide) groups is 1. The normalized spacial score (nSPS) is 12.5. The number of carbonyl (C=O) groups excluding carboxylic acids is 1. The molecule has 3 rings (SSSR count). The van der Waals surface area contributed by atoms with E-state index in [1.54, 1.807) is 6.92 Å². The Bertz CT molecular complexity index is 824. The van der Waals surface area contributed by atoms with Crippen LogP contribution in [-0.2, 0) is 16.6 Å². The Balaban J connectivity index is 1.95. The first-order chi connectivity index (χ1) is 10.6. The molecule has 1 N–H and O–H groups in total. The standard InChI is InChI=1S/C15H16N4O2S/c1-9(14(20)21-3)22-15-18-17-13(19(15)2)11-8-16-12-7-5-4-6-10(11)12/h4-9,16H,1-3H3/t9-/m0/s1. The molecule has 22 heavy (non-hydrogen) atoms. The van der Waals surface area contributed by atoms with Gasteiger partial charge in [0, 0.05) is 29.7 Å². The van der Waals surface area contributed by atoms with Crippen LogP contribution in [0.1, 0.15) is 6.92 Å². The predicted molar refractivity (Wildman–Crippen MR) is 85.6 cm³/mol. The smallest absolute Gasteiger partial charge is 0.318 e. The van der Waals surface area contributed by atoms with Crippen LogP contribution in [0.4, 0.5) is 0 Å². The highest BCUT2D eigenvalue weighted by molar-refractivity contribution is 8.00. The van der Waals surface area contributed by atoms with Crippen LogP contribution < -0.4 is 0 Å². The fraction of sp³-hybridized carbons (Fsp3) is 0.267. The minimum absolute atomic E-state index is 0.276. The van der Waals surface area contributed by atoms with E-state index in [9.17, 15) is 4.79 Å². The van der Waals surface area contributed by atoms with Gasteiger partial charge in [-0.05, 0) is 13.0 Å². The molecule has 0 saturated heterocycles. The monoisotopic (exact) mass is 316 g/mol. The zero-order chi connectivity index (χ0) is 15.7. The van der Waals surface area contributed by atoms with Crippen LogP contribution in [0.5, 0.6) is 0 Å². The number of nitrogens with zero attached hydrogens (tertiary/aromatic N) is 3. The van der Waals surface area contributed by atoms with Gasteiger partial charge in [0.15, 0.2) is 11.0 Å². The number of hydrogen-bond donors (Lipinski definition) is 1. The molecular weight excluding hydrogens is 300 g/mol. The topological polar surface area (TPSA) is 72.8 Å². The SMILES string of the molecule is COC(=O)[C@H](C)Sc1nnc(-c2c[nH]c3ccccc23)n1C. The quantitative estimate of drug-likeness (QED) is 0.592. The molecule has 0 radical (unpaired) electrons. The van der Waals surface area contributed by atoms with Crippen molar-refractivity contribution in [3.63, 3.8) is 0 Å². The first kappa shape index (κ1) is 14.6. The molecular formula is C15H16N4O2S. The van der Waals surface area contributed by atoms with Gasteiger partial charge in [0.05, 0.1) is 7.11 Å². The molecule has 6 nitrogen and oxygen atoms in total. The Hall–Kier alpha value is -2.28. The number of rotatable bonds is 4. The van der Waals surface area contributed by atoms with E-state index < -0.39 is 0 Å². The highest BCUT2D eigenvalue weighted by Crippen LogP contribution is 2.30. The van der Waals surface area contributed by atoms with Crippen LogP contribution in [0.2, 0.25) is 0 Å². The lowest BCUT2D eigenvalue weighted by Gasteiger charge is -2.08. The van der Waals surface area contributed by atoms with Crippen LogP contribution >= 0.6 is 11.8 Å². The number of nitrogens with one attached hydrogen (secondary N) is 1. The molecule has 3 aromatic rings. The molecule has 114 valence electrons. The molecule has 0 saturated carbocycles. The van der Waals surface area contributed by atoms with E-state index in [1.165, 1.54) is 18.9 Å². The Morgan fingerprint density at radius 2 is 2.14 bits per heavy atom. The fourth-order valence-electron chi connectivity index (χ4n) is 2.28. The van der Waals surface area contributed by atoms with Crippen molar-refractivity contribution in [1.29, 1.82) is 0 Å². The van der Waals surface area contributed by atoms with Gasteiger partial charge >= 0.3 is 5.97 Å². The largest absolute Gasteiger partial charge is 0.468 e. The second-order valence-electron chi connectivity index (χ2n) is 4.90. The van der Waals surface area contributed by atoms with Gasteiger partial charge in [-0.15, -0.1) is 10.2 Å². The lowest BCUT2D eigenvalue weighted by molar-refractivity contribution is -0.139. The van der Waals surface area contributed by atoms with Gasteiger partial charge in [0.2, 0.25) is 0 Å². The minimum Gasteiger partial charge on any atom is -0.468 e. The maximum atomic E-state index is 11.5. The molecule has 0 aliphatic heterocycles. The lowest BCUT2D eigenvalue weighted by Crippen LogP contribution is -2.15. The number of benzene rings is 1. The molecule has 0 unspecified atom stereocenters. The molecule has 2 heterocycles. The van der Waals surface area contributed by atoms with E-state index in [0.717, 1.165) is 22.3 Å². The highest BCUT2D eigenvalue weighted by Gasteiger charge is 2.20. The third-order valence-electron chi connectivity index (χ3n) is 3.48. The number of H-pyrrole nitrogens is 1. The summed E-state index contributed by atoms with van der Waals surface area (Å²) in [5, 5.41) is 9.90. The van der Waals surface area contributed by atoms with Crippen LogP contribution in [0.25, 0.3) is 22.3 Å². The Labute approximate surface area is 131 Å². The third-order valence-corrected chi connectivity index (χ3v) is 4.59. The number of methoxy groups -OCH3 is 1. The molecule has 0 spiro atoms. The summed E-state index contributed by atoms with van der Waals surface area (Å²) in [5.74, 6) is 0.485. The van der Waals surface area contributed by atoms with Gasteiger partial charge in [-0.3, -0.25) is 4.79 Å². The summed E-state index contributed by atoms with van der Waals surface area (Å²) in [5.41, 5.74) is 2.04. The van der Waals surface area contributed by atoms with Gasteiger partial charge in [0.25, 0.3) is 0 Å². The molecule has 1 aromatic carbocycles. The number of ether oxygens (including phenoxy) is 1. The molecule has 7 heteroatoms. The van der Waals surface area contributed by atoms with Gasteiger partial charge in [-0.25, -0.2) is 0 Å². The summed E-state index contributed by atoms with van der Waals surface area (Å²) >= 11 is 1.33. The van der Waals surface area contributed by atoms with E-state index in [0.29, 0.717) is 5.16 Å². The van der Waals surface area contributed by atoms with Crippen LogP contribution in [0.15, 0.2) is 35.6 Å². The van der Waals surface area contributed by atoms with Gasteiger partial charge in [-0.2, -0.15) is 0 Å². The Morgan fingerprint density at radius 1 is 1.36 bits per heavy atom. The molecule has 0 aliphatic rings. The number of aromatic amines is 1. The van der Waals surface area contributed by atoms with E-state index >= 15 is 0 Å². The van der Waals surface area contributed by atoms with Crippen LogP contribution in [0, 0.1) is 0 Å². The summed E-state index contributed by atoms with van der Waals surface area (Å²) in [7, 11) is 3.27. The van der Waals surface area contributed by atoms with Crippen molar-refractivity contribution in [3.05, 3.63) is 30.5 Å². The number of fused-ring (bicyclic) bond motifs is 1. The summed E-state index contributed by atoms with van der Waals surface area (Å²) < 4.78 is 6.63. The van der Waals surface area contributed by atoms with E-state index in [4.69, 9.17) is 4.74 Å². The summed E-state index contributed by atoms with van der Waals surface area (Å²) in [6.07, 6.45) is 1.92. The van der Waals surface area contributed by atoms with Gasteiger partial charge in [0.1, 0.15) is 5.25 Å². The second kappa shape index (κ2) is 5.84. The van der Waals surface area contributed by atoms with Crippen molar-refractivity contribution in [3.8, 4) is 11.4 Å². The molecule has 0 bridgehead atoms. The average Bonchev–Trinajstić information content (AvgIpc) is 3.11. The zero-order valence-corrected chi connectivity index (χ0v) is 13.3. The second-order valence-corrected chi connectivity index (χ2v) is 6.20. The maximum Gasteiger partial charge on any atom is 0.318 e. The molecule has 0 amide bonds. The van der Waals surface area contributed by atoms with E-state index in [-0.39, 0.29) is 11.2 Å². The number of esters is 1. The fourth-order valence-corrected chi connectivity index (χ4v) is 3.12. The Kier molecular flexibility index (Phi) is 3.89. The van der Waals surface area contributed by atoms with E-state index in [1.807, 2.05) is 42.1 Å². The summed E-state index contributed by atoms with van der Waals surface area (Å²) in [4.78, 5) is 14.8. The molecule has 0 fully saturated rings. The van der Waals surface area contributed by atoms with Crippen LogP contribution in [0.3, 0.4) is 0 Å². The predicted octanol–water partition coefficient (Wildman–Crippen LogP) is 2.62. The van der Waals surface area contributed by atoms with Gasteiger partial charge in [-0.1, -0.05) is 30.0 Å². The Morgan fingerprint density at radius 3 is 2.91 bits per heavy atom. The van der Waals surface area contributed by atoms with Crippen molar-refractivity contribution in [2.45, 2.75) is 17.3 Å². The molecule has 1 atom stereocenters. The summed E-state index contributed by atoms with van der Waals surface area (Å²) in [6.45, 7) is 1.79. The number of hydrogen-bond acceptors (Lipinski definition) is 5. The number of carbonyl (C=O) groups is 1.